The molecule has 0 bridgehead atoms. The SMILES string of the molecule is CCNC1(C(=O)O)CCC(Oc2ccc(CC)cc2)C1. The van der Waals surface area contributed by atoms with E-state index in [4.69, 9.17) is 4.74 Å². The van der Waals surface area contributed by atoms with Crippen LogP contribution in [0.25, 0.3) is 0 Å². The molecule has 20 heavy (non-hydrogen) atoms. The van der Waals surface area contributed by atoms with E-state index >= 15 is 0 Å². The van der Waals surface area contributed by atoms with E-state index in [1.54, 1.807) is 0 Å². The highest BCUT2D eigenvalue weighted by Gasteiger charge is 2.45. The predicted molar refractivity (Wildman–Crippen MR) is 78.1 cm³/mol. The Balaban J connectivity index is 1.99. The largest absolute Gasteiger partial charge is 0.490 e. The summed E-state index contributed by atoms with van der Waals surface area (Å²) in [5.41, 5.74) is 0.458. The van der Waals surface area contributed by atoms with Crippen molar-refractivity contribution >= 4 is 5.97 Å². The van der Waals surface area contributed by atoms with Gasteiger partial charge in [-0.25, -0.2) is 0 Å². The number of aliphatic carboxylic acids is 1. The molecule has 0 radical (unpaired) electrons. The maximum absolute atomic E-state index is 11.5. The van der Waals surface area contributed by atoms with Crippen molar-refractivity contribution in [3.05, 3.63) is 29.8 Å². The van der Waals surface area contributed by atoms with Gasteiger partial charge in [-0.05, 0) is 43.5 Å². The number of benzene rings is 1. The molecule has 2 unspecified atom stereocenters. The average Bonchev–Trinajstić information content (AvgIpc) is 2.84. The van der Waals surface area contributed by atoms with Crippen LogP contribution in [0, 0.1) is 0 Å². The Labute approximate surface area is 120 Å². The van der Waals surface area contributed by atoms with Crippen LogP contribution in [0.4, 0.5) is 0 Å². The van der Waals surface area contributed by atoms with Gasteiger partial charge >= 0.3 is 5.97 Å². The zero-order valence-corrected chi connectivity index (χ0v) is 12.2. The summed E-state index contributed by atoms with van der Waals surface area (Å²) in [6, 6.07) is 8.04. The Hall–Kier alpha value is -1.55. The molecule has 4 heteroatoms. The summed E-state index contributed by atoms with van der Waals surface area (Å²) in [5.74, 6) is 0.0525. The summed E-state index contributed by atoms with van der Waals surface area (Å²) in [5, 5.41) is 12.5. The molecule has 0 aliphatic heterocycles. The molecule has 0 spiro atoms. The van der Waals surface area contributed by atoms with Crippen LogP contribution >= 0.6 is 0 Å². The van der Waals surface area contributed by atoms with Crippen LogP contribution in [0.3, 0.4) is 0 Å². The van der Waals surface area contributed by atoms with Gasteiger partial charge in [-0.1, -0.05) is 26.0 Å². The first-order valence-electron chi connectivity index (χ1n) is 7.33. The summed E-state index contributed by atoms with van der Waals surface area (Å²) < 4.78 is 5.92. The van der Waals surface area contributed by atoms with Crippen molar-refractivity contribution in [3.8, 4) is 5.75 Å². The number of hydrogen-bond donors (Lipinski definition) is 2. The van der Waals surface area contributed by atoms with Crippen molar-refractivity contribution in [3.63, 3.8) is 0 Å². The van der Waals surface area contributed by atoms with E-state index in [2.05, 4.69) is 24.4 Å². The first kappa shape index (κ1) is 14.9. The zero-order valence-electron chi connectivity index (χ0n) is 12.2. The van der Waals surface area contributed by atoms with Crippen molar-refractivity contribution in [2.45, 2.75) is 51.2 Å². The van der Waals surface area contributed by atoms with Gasteiger partial charge in [0, 0.05) is 6.42 Å². The summed E-state index contributed by atoms with van der Waals surface area (Å²) in [4.78, 5) is 11.5. The van der Waals surface area contributed by atoms with E-state index < -0.39 is 11.5 Å². The lowest BCUT2D eigenvalue weighted by atomic mass is 9.98. The molecule has 1 aliphatic carbocycles. The van der Waals surface area contributed by atoms with Crippen molar-refractivity contribution < 1.29 is 14.6 Å². The van der Waals surface area contributed by atoms with Crippen LogP contribution in [-0.2, 0) is 11.2 Å². The maximum Gasteiger partial charge on any atom is 0.324 e. The maximum atomic E-state index is 11.5. The summed E-state index contributed by atoms with van der Waals surface area (Å²) >= 11 is 0. The molecule has 4 nitrogen and oxygen atoms in total. The van der Waals surface area contributed by atoms with Gasteiger partial charge in [-0.15, -0.1) is 0 Å². The number of carboxylic acids is 1. The van der Waals surface area contributed by atoms with E-state index in [1.165, 1.54) is 5.56 Å². The second-order valence-corrected chi connectivity index (χ2v) is 5.40. The van der Waals surface area contributed by atoms with Gasteiger partial charge in [0.1, 0.15) is 17.4 Å². The highest BCUT2D eigenvalue weighted by Crippen LogP contribution is 2.33. The molecule has 0 amide bonds. The molecule has 110 valence electrons. The number of likely N-dealkylation sites (N-methyl/N-ethyl adjacent to an activating group) is 1. The molecule has 1 aromatic carbocycles. The lowest BCUT2D eigenvalue weighted by molar-refractivity contribution is -0.144. The van der Waals surface area contributed by atoms with Gasteiger partial charge in [0.15, 0.2) is 0 Å². The highest BCUT2D eigenvalue weighted by molar-refractivity contribution is 5.79. The third kappa shape index (κ3) is 3.12. The molecule has 2 atom stereocenters. The van der Waals surface area contributed by atoms with Gasteiger partial charge < -0.3 is 15.2 Å². The molecule has 2 rings (SSSR count). The van der Waals surface area contributed by atoms with Gasteiger partial charge in [0.2, 0.25) is 0 Å². The van der Waals surface area contributed by atoms with Crippen LogP contribution in [0.1, 0.15) is 38.7 Å². The zero-order chi connectivity index (χ0) is 14.6. The molecular weight excluding hydrogens is 254 g/mol. The lowest BCUT2D eigenvalue weighted by Gasteiger charge is -2.25. The number of ether oxygens (including phenoxy) is 1. The van der Waals surface area contributed by atoms with E-state index in [1.807, 2.05) is 19.1 Å². The quantitative estimate of drug-likeness (QED) is 0.839. The number of nitrogens with one attached hydrogen (secondary N) is 1. The molecule has 1 fully saturated rings. The molecule has 1 saturated carbocycles. The Morgan fingerprint density at radius 1 is 1.40 bits per heavy atom. The minimum atomic E-state index is -0.817. The summed E-state index contributed by atoms with van der Waals surface area (Å²) in [7, 11) is 0. The Morgan fingerprint density at radius 3 is 2.65 bits per heavy atom. The van der Waals surface area contributed by atoms with Crippen LogP contribution in [0.15, 0.2) is 24.3 Å². The van der Waals surface area contributed by atoms with Crippen LogP contribution in [0.5, 0.6) is 5.75 Å². The third-order valence-electron chi connectivity index (χ3n) is 4.03. The van der Waals surface area contributed by atoms with Gasteiger partial charge in [0.05, 0.1) is 0 Å². The van der Waals surface area contributed by atoms with Crippen molar-refractivity contribution in [2.24, 2.45) is 0 Å². The first-order chi connectivity index (χ1) is 9.59. The van der Waals surface area contributed by atoms with Crippen molar-refractivity contribution in [2.75, 3.05) is 6.54 Å². The normalized spacial score (nSPS) is 25.6. The second-order valence-electron chi connectivity index (χ2n) is 5.40. The number of hydrogen-bond acceptors (Lipinski definition) is 3. The topological polar surface area (TPSA) is 58.6 Å². The molecule has 0 saturated heterocycles. The van der Waals surface area contributed by atoms with Crippen LogP contribution < -0.4 is 10.1 Å². The van der Waals surface area contributed by atoms with E-state index in [0.29, 0.717) is 19.4 Å². The van der Waals surface area contributed by atoms with E-state index in [9.17, 15) is 9.90 Å². The Morgan fingerprint density at radius 2 is 2.10 bits per heavy atom. The number of aryl methyl sites for hydroxylation is 1. The number of carbonyl (C=O) groups is 1. The van der Waals surface area contributed by atoms with Crippen molar-refractivity contribution in [1.29, 1.82) is 0 Å². The second kappa shape index (κ2) is 6.27. The predicted octanol–water partition coefficient (Wildman–Crippen LogP) is 2.61. The van der Waals surface area contributed by atoms with Crippen LogP contribution in [-0.4, -0.2) is 29.3 Å². The molecule has 1 aliphatic rings. The Kier molecular flexibility index (Phi) is 4.65. The Bertz CT molecular complexity index is 457. The van der Waals surface area contributed by atoms with Gasteiger partial charge in [-0.3, -0.25) is 4.79 Å². The summed E-state index contributed by atoms with van der Waals surface area (Å²) in [6.45, 7) is 4.71. The van der Waals surface area contributed by atoms with E-state index in [-0.39, 0.29) is 6.10 Å². The minimum Gasteiger partial charge on any atom is -0.490 e. The van der Waals surface area contributed by atoms with Crippen LogP contribution in [0.2, 0.25) is 0 Å². The smallest absolute Gasteiger partial charge is 0.324 e. The molecule has 2 N–H and O–H groups in total. The molecule has 0 heterocycles. The monoisotopic (exact) mass is 277 g/mol. The highest BCUT2D eigenvalue weighted by atomic mass is 16.5. The number of rotatable bonds is 6. The summed E-state index contributed by atoms with van der Waals surface area (Å²) in [6.07, 6.45) is 2.89. The fourth-order valence-electron chi connectivity index (χ4n) is 2.87. The molecule has 0 aromatic heterocycles. The third-order valence-corrected chi connectivity index (χ3v) is 4.03. The average molecular weight is 277 g/mol. The minimum absolute atomic E-state index is 0.0300. The molecule has 1 aromatic rings. The number of carboxylic acid groups (broad SMARTS) is 1. The fourth-order valence-corrected chi connectivity index (χ4v) is 2.87. The van der Waals surface area contributed by atoms with Crippen molar-refractivity contribution in [1.82, 2.24) is 5.32 Å². The molecular formula is C16H23NO3. The lowest BCUT2D eigenvalue weighted by Crippen LogP contribution is -2.50. The fraction of sp³-hybridized carbons (Fsp3) is 0.562. The standard InChI is InChI=1S/C16H23NO3/c1-3-12-5-7-13(8-6-12)20-14-9-10-16(11-14,15(18)19)17-4-2/h5-8,14,17H,3-4,9-11H2,1-2H3,(H,18,19). The first-order valence-corrected chi connectivity index (χ1v) is 7.33. The van der Waals surface area contributed by atoms with Gasteiger partial charge in [0.25, 0.3) is 0 Å². The van der Waals surface area contributed by atoms with Gasteiger partial charge in [-0.2, -0.15) is 0 Å². The van der Waals surface area contributed by atoms with E-state index in [0.717, 1.165) is 18.6 Å².